The molecule has 0 aromatic carbocycles. The van der Waals surface area contributed by atoms with Crippen molar-refractivity contribution < 1.29 is 14.6 Å². The van der Waals surface area contributed by atoms with Crippen molar-refractivity contribution in [3.63, 3.8) is 0 Å². The van der Waals surface area contributed by atoms with Crippen LogP contribution >= 0.6 is 0 Å². The molecule has 4 nitrogen and oxygen atoms in total. The van der Waals surface area contributed by atoms with Crippen molar-refractivity contribution in [3.05, 3.63) is 11.8 Å². The fourth-order valence-electron chi connectivity index (χ4n) is 1.67. The molecular weight excluding hydrogens is 158 g/mol. The van der Waals surface area contributed by atoms with E-state index >= 15 is 0 Å². The number of aliphatic hydroxyl groups is 1. The summed E-state index contributed by atoms with van der Waals surface area (Å²) in [5, 5.41) is 12.2. The highest BCUT2D eigenvalue weighted by molar-refractivity contribution is 5.88. The van der Waals surface area contributed by atoms with Gasteiger partial charge in [-0.05, 0) is 13.1 Å². The number of nitrogens with one attached hydrogen (secondary N) is 1. The van der Waals surface area contributed by atoms with Gasteiger partial charge >= 0.3 is 5.97 Å². The van der Waals surface area contributed by atoms with Crippen LogP contribution in [0.1, 0.15) is 12.8 Å². The Morgan fingerprint density at radius 2 is 2.17 bits per heavy atom. The monoisotopic (exact) mass is 169 g/mol. The van der Waals surface area contributed by atoms with E-state index in [9.17, 15) is 4.79 Å². The normalized spacial score (nSPS) is 27.0. The Morgan fingerprint density at radius 3 is 2.67 bits per heavy atom. The Kier molecular flexibility index (Phi) is 1.58. The van der Waals surface area contributed by atoms with E-state index in [1.807, 2.05) is 0 Å². The molecule has 1 fully saturated rings. The molecule has 0 radical (unpaired) electrons. The highest BCUT2D eigenvalue weighted by atomic mass is 16.6. The van der Waals surface area contributed by atoms with Crippen LogP contribution in [0.5, 0.6) is 0 Å². The molecule has 2 aliphatic rings. The lowest BCUT2D eigenvalue weighted by atomic mass is 9.93. The first-order valence-electron chi connectivity index (χ1n) is 4.08. The largest absolute Gasteiger partial charge is 0.502 e. The number of aliphatic hydroxyl groups excluding tert-OH is 1. The first-order chi connectivity index (χ1) is 5.72. The van der Waals surface area contributed by atoms with Crippen molar-refractivity contribution in [1.82, 2.24) is 5.32 Å². The second-order valence-corrected chi connectivity index (χ2v) is 3.23. The lowest BCUT2D eigenvalue weighted by molar-refractivity contribution is -0.150. The van der Waals surface area contributed by atoms with Gasteiger partial charge in [0.15, 0.2) is 0 Å². The maximum Gasteiger partial charge on any atom is 0.374 e. The molecule has 2 heterocycles. The van der Waals surface area contributed by atoms with Gasteiger partial charge < -0.3 is 15.2 Å². The summed E-state index contributed by atoms with van der Waals surface area (Å²) in [4.78, 5) is 10.9. The fraction of sp³-hybridized carbons (Fsp3) is 0.625. The van der Waals surface area contributed by atoms with Crippen LogP contribution in [0.3, 0.4) is 0 Å². The van der Waals surface area contributed by atoms with Crippen LogP contribution < -0.4 is 5.32 Å². The number of hydrogen-bond donors (Lipinski definition) is 2. The minimum atomic E-state index is -0.586. The van der Waals surface area contributed by atoms with Gasteiger partial charge in [-0.3, -0.25) is 0 Å². The quantitative estimate of drug-likeness (QED) is 0.505. The lowest BCUT2D eigenvalue weighted by Gasteiger charge is -2.30. The van der Waals surface area contributed by atoms with E-state index in [0.717, 1.165) is 25.9 Å². The lowest BCUT2D eigenvalue weighted by Crippen LogP contribution is -2.41. The molecule has 12 heavy (non-hydrogen) atoms. The highest BCUT2D eigenvalue weighted by Gasteiger charge is 2.40. The smallest absolute Gasteiger partial charge is 0.374 e. The summed E-state index contributed by atoms with van der Waals surface area (Å²) in [5.41, 5.74) is -0.508. The van der Waals surface area contributed by atoms with E-state index in [2.05, 4.69) is 5.32 Å². The van der Waals surface area contributed by atoms with E-state index in [1.54, 1.807) is 0 Å². The molecule has 0 bridgehead atoms. The van der Waals surface area contributed by atoms with E-state index in [1.165, 1.54) is 6.08 Å². The first-order valence-corrected chi connectivity index (χ1v) is 4.08. The topological polar surface area (TPSA) is 58.6 Å². The van der Waals surface area contributed by atoms with Gasteiger partial charge in [-0.15, -0.1) is 0 Å². The van der Waals surface area contributed by atoms with E-state index in [4.69, 9.17) is 9.84 Å². The molecule has 1 spiro atoms. The van der Waals surface area contributed by atoms with Gasteiger partial charge in [0, 0.05) is 18.9 Å². The predicted molar refractivity (Wildman–Crippen MR) is 41.6 cm³/mol. The van der Waals surface area contributed by atoms with Crippen LogP contribution in [0, 0.1) is 0 Å². The van der Waals surface area contributed by atoms with E-state index in [-0.39, 0.29) is 5.76 Å². The van der Waals surface area contributed by atoms with Gasteiger partial charge in [0.2, 0.25) is 5.76 Å². The van der Waals surface area contributed by atoms with Crippen molar-refractivity contribution in [2.24, 2.45) is 0 Å². The fourth-order valence-corrected chi connectivity index (χ4v) is 1.67. The summed E-state index contributed by atoms with van der Waals surface area (Å²) in [6, 6.07) is 0. The third-order valence-electron chi connectivity index (χ3n) is 2.35. The average Bonchev–Trinajstić information content (AvgIpc) is 2.29. The molecule has 0 amide bonds. The molecule has 0 saturated carbocycles. The molecule has 0 aromatic heterocycles. The van der Waals surface area contributed by atoms with Crippen molar-refractivity contribution in [2.45, 2.75) is 18.4 Å². The summed E-state index contributed by atoms with van der Waals surface area (Å²) in [7, 11) is 0. The molecule has 4 heteroatoms. The Morgan fingerprint density at radius 1 is 1.50 bits per heavy atom. The summed E-state index contributed by atoms with van der Waals surface area (Å²) in [6.07, 6.45) is 3.04. The molecule has 0 aromatic rings. The standard InChI is InChI=1S/C8H11NO3/c10-6-5-8(12-7(6)11)1-3-9-4-2-8/h5,9-10H,1-4H2. The van der Waals surface area contributed by atoms with Crippen LogP contribution in [-0.2, 0) is 9.53 Å². The van der Waals surface area contributed by atoms with Gasteiger partial charge in [0.1, 0.15) is 5.60 Å². The molecule has 66 valence electrons. The summed E-state index contributed by atoms with van der Waals surface area (Å²) >= 11 is 0. The zero-order valence-electron chi connectivity index (χ0n) is 6.67. The molecule has 2 rings (SSSR count). The minimum Gasteiger partial charge on any atom is -0.502 e. The van der Waals surface area contributed by atoms with Crippen LogP contribution in [0.2, 0.25) is 0 Å². The molecule has 0 unspecified atom stereocenters. The molecule has 2 aliphatic heterocycles. The number of esters is 1. The molecule has 1 saturated heterocycles. The summed E-state index contributed by atoms with van der Waals surface area (Å²) in [6.45, 7) is 1.66. The van der Waals surface area contributed by atoms with Gasteiger partial charge in [-0.25, -0.2) is 4.79 Å². The SMILES string of the molecule is O=C1OC2(C=C1O)CCNCC2. The maximum absolute atomic E-state index is 10.9. The van der Waals surface area contributed by atoms with E-state index in [0.29, 0.717) is 0 Å². The van der Waals surface area contributed by atoms with Crippen molar-refractivity contribution in [2.75, 3.05) is 13.1 Å². The number of carbonyl (C=O) groups is 1. The second kappa shape index (κ2) is 2.48. The number of hydrogen-bond acceptors (Lipinski definition) is 4. The van der Waals surface area contributed by atoms with Crippen molar-refractivity contribution >= 4 is 5.97 Å². The zero-order chi connectivity index (χ0) is 8.60. The summed E-state index contributed by atoms with van der Waals surface area (Å²) < 4.78 is 5.08. The van der Waals surface area contributed by atoms with Crippen molar-refractivity contribution in [1.29, 1.82) is 0 Å². The zero-order valence-corrected chi connectivity index (χ0v) is 6.67. The molecule has 0 aliphatic carbocycles. The Bertz CT molecular complexity index is 241. The third kappa shape index (κ3) is 1.08. The van der Waals surface area contributed by atoms with Crippen LogP contribution in [-0.4, -0.2) is 29.8 Å². The van der Waals surface area contributed by atoms with Crippen LogP contribution in [0.4, 0.5) is 0 Å². The van der Waals surface area contributed by atoms with Gasteiger partial charge in [-0.1, -0.05) is 0 Å². The third-order valence-corrected chi connectivity index (χ3v) is 2.35. The average molecular weight is 169 g/mol. The number of ether oxygens (including phenoxy) is 1. The predicted octanol–water partition coefficient (Wildman–Crippen LogP) is 0.107. The van der Waals surface area contributed by atoms with Crippen LogP contribution in [0.25, 0.3) is 0 Å². The Balaban J connectivity index is 2.18. The highest BCUT2D eigenvalue weighted by Crippen LogP contribution is 2.31. The molecular formula is C8H11NO3. The molecule has 2 N–H and O–H groups in total. The Labute approximate surface area is 70.2 Å². The van der Waals surface area contributed by atoms with Gasteiger partial charge in [0.25, 0.3) is 0 Å². The number of rotatable bonds is 0. The maximum atomic E-state index is 10.9. The first kappa shape index (κ1) is 7.61. The number of piperidine rings is 1. The minimum absolute atomic E-state index is 0.239. The van der Waals surface area contributed by atoms with Gasteiger partial charge in [0.05, 0.1) is 0 Å². The van der Waals surface area contributed by atoms with Gasteiger partial charge in [-0.2, -0.15) is 0 Å². The van der Waals surface area contributed by atoms with Crippen molar-refractivity contribution in [3.8, 4) is 0 Å². The molecule has 0 atom stereocenters. The van der Waals surface area contributed by atoms with E-state index < -0.39 is 11.6 Å². The second-order valence-electron chi connectivity index (χ2n) is 3.23. The Hall–Kier alpha value is -1.03. The van der Waals surface area contributed by atoms with Crippen LogP contribution in [0.15, 0.2) is 11.8 Å². The number of carbonyl (C=O) groups excluding carboxylic acids is 1. The summed E-state index contributed by atoms with van der Waals surface area (Å²) in [5.74, 6) is -0.825.